The smallest absolute Gasteiger partial charge is 0.266 e. The lowest BCUT2D eigenvalue weighted by molar-refractivity contribution is 0.0956. The van der Waals surface area contributed by atoms with Gasteiger partial charge in [-0.05, 0) is 17.2 Å². The number of hydrogen-bond acceptors (Lipinski definition) is 3. The second kappa shape index (κ2) is 6.51. The average Bonchev–Trinajstić information content (AvgIpc) is 2.47. The molecule has 0 aliphatic heterocycles. The van der Waals surface area contributed by atoms with Crippen LogP contribution in [0.25, 0.3) is 11.1 Å². The molecule has 1 amide bonds. The highest BCUT2D eigenvalue weighted by Gasteiger charge is 2.13. The predicted octanol–water partition coefficient (Wildman–Crippen LogP) is 1.97. The van der Waals surface area contributed by atoms with Gasteiger partial charge in [-0.15, -0.1) is 0 Å². The van der Waals surface area contributed by atoms with Crippen molar-refractivity contribution in [3.63, 3.8) is 0 Å². The van der Waals surface area contributed by atoms with Crippen molar-refractivity contribution in [3.05, 3.63) is 60.2 Å². The van der Waals surface area contributed by atoms with Gasteiger partial charge >= 0.3 is 0 Å². The van der Waals surface area contributed by atoms with E-state index in [9.17, 15) is 13.2 Å². The zero-order chi connectivity index (χ0) is 15.3. The van der Waals surface area contributed by atoms with Gasteiger partial charge in [0.25, 0.3) is 16.0 Å². The van der Waals surface area contributed by atoms with Crippen LogP contribution in [0.1, 0.15) is 10.4 Å². The predicted molar refractivity (Wildman–Crippen MR) is 80.6 cm³/mol. The van der Waals surface area contributed by atoms with E-state index in [1.807, 2.05) is 42.5 Å². The van der Waals surface area contributed by atoms with Crippen molar-refractivity contribution >= 4 is 16.0 Å². The number of amides is 1. The first-order chi connectivity index (χ1) is 9.97. The van der Waals surface area contributed by atoms with Gasteiger partial charge in [0, 0.05) is 12.1 Å². The fourth-order valence-electron chi connectivity index (χ4n) is 1.94. The summed E-state index contributed by atoms with van der Waals surface area (Å²) in [5.41, 5.74) is 2.12. The summed E-state index contributed by atoms with van der Waals surface area (Å²) >= 11 is 0. The van der Waals surface area contributed by atoms with Crippen LogP contribution in [0.3, 0.4) is 0 Å². The van der Waals surface area contributed by atoms with Gasteiger partial charge in [-0.3, -0.25) is 9.35 Å². The highest BCUT2D eigenvalue weighted by molar-refractivity contribution is 7.85. The Morgan fingerprint density at radius 3 is 2.29 bits per heavy atom. The molecule has 0 bridgehead atoms. The summed E-state index contributed by atoms with van der Waals surface area (Å²) in [5.74, 6) is -0.884. The maximum Gasteiger partial charge on any atom is 0.266 e. The Balaban J connectivity index is 2.19. The third kappa shape index (κ3) is 4.40. The van der Waals surface area contributed by atoms with Gasteiger partial charge in [0.05, 0.1) is 5.75 Å². The number of carbonyl (C=O) groups is 1. The maximum absolute atomic E-state index is 12.1. The summed E-state index contributed by atoms with van der Waals surface area (Å²) in [4.78, 5) is 12.1. The highest BCUT2D eigenvalue weighted by Crippen LogP contribution is 2.23. The molecule has 0 radical (unpaired) electrons. The van der Waals surface area contributed by atoms with Crippen molar-refractivity contribution in [2.75, 3.05) is 12.3 Å². The Bertz CT molecular complexity index is 726. The summed E-state index contributed by atoms with van der Waals surface area (Å²) in [6.07, 6.45) is 0. The van der Waals surface area contributed by atoms with E-state index in [0.29, 0.717) is 5.56 Å². The Hall–Kier alpha value is -2.18. The van der Waals surface area contributed by atoms with Crippen LogP contribution in [0.2, 0.25) is 0 Å². The molecule has 21 heavy (non-hydrogen) atoms. The summed E-state index contributed by atoms with van der Waals surface area (Å²) < 4.78 is 29.9. The van der Waals surface area contributed by atoms with Crippen molar-refractivity contribution in [1.82, 2.24) is 5.32 Å². The summed E-state index contributed by atoms with van der Waals surface area (Å²) in [5, 5.41) is 2.49. The maximum atomic E-state index is 12.1. The van der Waals surface area contributed by atoms with Gasteiger partial charge < -0.3 is 5.32 Å². The van der Waals surface area contributed by atoms with Crippen LogP contribution in [-0.2, 0) is 10.1 Å². The quantitative estimate of drug-likeness (QED) is 0.827. The van der Waals surface area contributed by atoms with Crippen molar-refractivity contribution < 1.29 is 17.8 Å². The van der Waals surface area contributed by atoms with Crippen LogP contribution in [-0.4, -0.2) is 31.2 Å². The average molecular weight is 305 g/mol. The molecule has 2 N–H and O–H groups in total. The molecule has 0 saturated heterocycles. The molecule has 0 atom stereocenters. The monoisotopic (exact) mass is 305 g/mol. The molecule has 110 valence electrons. The molecule has 2 aromatic rings. The van der Waals surface area contributed by atoms with Crippen molar-refractivity contribution in [2.24, 2.45) is 0 Å². The van der Waals surface area contributed by atoms with Gasteiger partial charge in [-0.25, -0.2) is 0 Å². The first-order valence-corrected chi connectivity index (χ1v) is 7.96. The number of nitrogens with one attached hydrogen (secondary N) is 1. The fraction of sp³-hybridized carbons (Fsp3) is 0.133. The van der Waals surface area contributed by atoms with Crippen molar-refractivity contribution in [1.29, 1.82) is 0 Å². The first kappa shape index (κ1) is 15.2. The van der Waals surface area contributed by atoms with E-state index >= 15 is 0 Å². The van der Waals surface area contributed by atoms with Crippen LogP contribution in [0, 0.1) is 0 Å². The van der Waals surface area contributed by atoms with Crippen molar-refractivity contribution in [2.45, 2.75) is 0 Å². The summed E-state index contributed by atoms with van der Waals surface area (Å²) in [7, 11) is -4.08. The zero-order valence-electron chi connectivity index (χ0n) is 11.2. The molecule has 0 saturated carbocycles. The van der Waals surface area contributed by atoms with Gasteiger partial charge in [0.1, 0.15) is 0 Å². The minimum atomic E-state index is -4.08. The molecule has 2 aromatic carbocycles. The van der Waals surface area contributed by atoms with Gasteiger partial charge in [0.15, 0.2) is 0 Å². The number of rotatable bonds is 5. The molecule has 0 spiro atoms. The zero-order valence-corrected chi connectivity index (χ0v) is 12.0. The molecule has 0 aliphatic carbocycles. The topological polar surface area (TPSA) is 83.5 Å². The third-order valence-electron chi connectivity index (χ3n) is 2.90. The highest BCUT2D eigenvalue weighted by atomic mass is 32.2. The van der Waals surface area contributed by atoms with E-state index in [1.54, 1.807) is 12.1 Å². The molecule has 0 aliphatic rings. The van der Waals surface area contributed by atoms with E-state index in [0.717, 1.165) is 11.1 Å². The van der Waals surface area contributed by atoms with E-state index in [-0.39, 0.29) is 12.5 Å². The van der Waals surface area contributed by atoms with Gasteiger partial charge in [-0.2, -0.15) is 8.42 Å². The fourth-order valence-corrected chi connectivity index (χ4v) is 2.30. The van der Waals surface area contributed by atoms with Gasteiger partial charge in [-0.1, -0.05) is 48.5 Å². The van der Waals surface area contributed by atoms with E-state index < -0.39 is 15.9 Å². The second-order valence-corrected chi connectivity index (χ2v) is 6.03. The SMILES string of the molecule is O=C(NCCS(=O)(=O)O)c1ccccc1-c1ccccc1. The standard InChI is InChI=1S/C15H15NO4S/c17-15(16-10-11-21(18,19)20)14-9-5-4-8-13(14)12-6-2-1-3-7-12/h1-9H,10-11H2,(H,16,17)(H,18,19,20). The Kier molecular flexibility index (Phi) is 4.72. The lowest BCUT2D eigenvalue weighted by atomic mass is 9.99. The number of benzene rings is 2. The third-order valence-corrected chi connectivity index (χ3v) is 3.62. The van der Waals surface area contributed by atoms with Crippen LogP contribution in [0.5, 0.6) is 0 Å². The van der Waals surface area contributed by atoms with Crippen LogP contribution in [0.4, 0.5) is 0 Å². The van der Waals surface area contributed by atoms with Crippen LogP contribution < -0.4 is 5.32 Å². The molecule has 0 unspecified atom stereocenters. The molecular formula is C15H15NO4S. The van der Waals surface area contributed by atoms with E-state index in [1.165, 1.54) is 0 Å². The van der Waals surface area contributed by atoms with E-state index in [4.69, 9.17) is 4.55 Å². The molecule has 5 nitrogen and oxygen atoms in total. The minimum absolute atomic E-state index is 0.138. The molecule has 2 rings (SSSR count). The second-order valence-electron chi connectivity index (χ2n) is 4.45. The largest absolute Gasteiger partial charge is 0.351 e. The Morgan fingerprint density at radius 2 is 1.62 bits per heavy atom. The normalized spacial score (nSPS) is 11.1. The van der Waals surface area contributed by atoms with Crippen molar-refractivity contribution in [3.8, 4) is 11.1 Å². The number of hydrogen-bond donors (Lipinski definition) is 2. The van der Waals surface area contributed by atoms with Crippen LogP contribution >= 0.6 is 0 Å². The molecule has 6 heteroatoms. The lowest BCUT2D eigenvalue weighted by Crippen LogP contribution is -2.29. The minimum Gasteiger partial charge on any atom is -0.351 e. The molecule has 0 aromatic heterocycles. The summed E-state index contributed by atoms with van der Waals surface area (Å²) in [6.45, 7) is -0.138. The van der Waals surface area contributed by atoms with Gasteiger partial charge in [0.2, 0.25) is 0 Å². The first-order valence-electron chi connectivity index (χ1n) is 6.35. The van der Waals surface area contributed by atoms with E-state index in [2.05, 4.69) is 5.32 Å². The molecular weight excluding hydrogens is 290 g/mol. The Morgan fingerprint density at radius 1 is 1.00 bits per heavy atom. The molecule has 0 fully saturated rings. The van der Waals surface area contributed by atoms with Crippen LogP contribution in [0.15, 0.2) is 54.6 Å². The number of carbonyl (C=O) groups excluding carboxylic acids is 1. The molecule has 0 heterocycles. The summed E-state index contributed by atoms with van der Waals surface area (Å²) in [6, 6.07) is 16.5. The Labute approximate surface area is 123 Å². The lowest BCUT2D eigenvalue weighted by Gasteiger charge is -2.10.